The van der Waals surface area contributed by atoms with Crippen LogP contribution in [0.4, 0.5) is 26.3 Å². The van der Waals surface area contributed by atoms with E-state index in [1.54, 1.807) is 18.2 Å². The molecule has 2 saturated heterocycles. The average molecular weight is 764 g/mol. The molecule has 300 valence electrons. The van der Waals surface area contributed by atoms with Gasteiger partial charge in [-0.05, 0) is 113 Å². The number of ether oxygens (including phenoxy) is 4. The standard InChI is InChI=1S/C39H55F6NO7/c1-22-8-12-29(30-20-52-24(3)10-13-28(22)30)31(35(47)38(40,41)42)18-50-16-26-6-5-7-27(46-26)17-51-19-32(36(48)39(43,44)45)34-14-9-23(2)33-15-11-25(4)53-21-37(33,34)49/h5-7,22-25,28-30,33-34,47-49H,8-21H2,1-4H3/b35-31-,36-32-/t22-,23-,24+,25+,28+,29-,30?,33+,34+,37-/m1/s1. The molecule has 2 aliphatic heterocycles. The monoisotopic (exact) mass is 763 g/mol. The maximum Gasteiger partial charge on any atom is 0.448 e. The molecule has 2 saturated carbocycles. The fourth-order valence-corrected chi connectivity index (χ4v) is 9.44. The normalized spacial score (nSPS) is 35.3. The number of hydrogen-bond donors (Lipinski definition) is 3. The predicted octanol–water partition coefficient (Wildman–Crippen LogP) is 8.93. The Morgan fingerprint density at radius 1 is 0.736 bits per heavy atom. The summed E-state index contributed by atoms with van der Waals surface area (Å²) in [6.07, 6.45) is -5.31. The van der Waals surface area contributed by atoms with Crippen molar-refractivity contribution >= 4 is 0 Å². The van der Waals surface area contributed by atoms with Crippen molar-refractivity contribution in [2.45, 2.75) is 122 Å². The second-order valence-corrected chi connectivity index (χ2v) is 16.0. The number of aliphatic hydroxyl groups is 3. The molecule has 0 spiro atoms. The quantitative estimate of drug-likeness (QED) is 0.160. The fraction of sp³-hybridized carbons (Fsp3) is 0.769. The summed E-state index contributed by atoms with van der Waals surface area (Å²) in [6.45, 7) is 6.54. The summed E-state index contributed by atoms with van der Waals surface area (Å²) >= 11 is 0. The number of aromatic nitrogens is 1. The van der Waals surface area contributed by atoms with Gasteiger partial charge in [0.15, 0.2) is 11.5 Å². The Morgan fingerprint density at radius 3 is 1.94 bits per heavy atom. The van der Waals surface area contributed by atoms with E-state index in [0.29, 0.717) is 49.6 Å². The summed E-state index contributed by atoms with van der Waals surface area (Å²) in [4.78, 5) is 4.44. The van der Waals surface area contributed by atoms with Gasteiger partial charge in [0.25, 0.3) is 0 Å². The largest absolute Gasteiger partial charge is 0.504 e. The number of allylic oxidation sites excluding steroid dienone is 2. The number of pyridine rings is 1. The van der Waals surface area contributed by atoms with Gasteiger partial charge in [-0.3, -0.25) is 4.98 Å². The second-order valence-electron chi connectivity index (χ2n) is 16.0. The lowest BCUT2D eigenvalue weighted by Gasteiger charge is -2.48. The zero-order valence-electron chi connectivity index (χ0n) is 31.0. The molecule has 0 bridgehead atoms. The Bertz CT molecular complexity index is 1450. The van der Waals surface area contributed by atoms with Gasteiger partial charge in [-0.15, -0.1) is 0 Å². The van der Waals surface area contributed by atoms with E-state index >= 15 is 0 Å². The van der Waals surface area contributed by atoms with Crippen LogP contribution in [0, 0.1) is 41.4 Å². The molecule has 1 aromatic rings. The lowest BCUT2D eigenvalue weighted by molar-refractivity contribution is -0.150. The van der Waals surface area contributed by atoms with Gasteiger partial charge in [0.05, 0.1) is 68.8 Å². The molecular weight excluding hydrogens is 708 g/mol. The maximum atomic E-state index is 14.0. The number of hydrogen-bond acceptors (Lipinski definition) is 8. The van der Waals surface area contributed by atoms with Crippen molar-refractivity contribution in [2.75, 3.05) is 26.4 Å². The van der Waals surface area contributed by atoms with Crippen molar-refractivity contribution in [2.24, 2.45) is 41.4 Å². The average Bonchev–Trinajstić information content (AvgIpc) is 3.39. The first-order valence-electron chi connectivity index (χ1n) is 18.9. The summed E-state index contributed by atoms with van der Waals surface area (Å²) in [5, 5.41) is 32.8. The van der Waals surface area contributed by atoms with Crippen molar-refractivity contribution < 1.29 is 60.6 Å². The molecule has 1 aromatic heterocycles. The summed E-state index contributed by atoms with van der Waals surface area (Å²) in [5.74, 6) is -5.01. The van der Waals surface area contributed by atoms with Crippen molar-refractivity contribution in [3.63, 3.8) is 0 Å². The summed E-state index contributed by atoms with van der Waals surface area (Å²) in [5.41, 5.74) is -1.60. The maximum absolute atomic E-state index is 14.0. The molecule has 5 rings (SSSR count). The van der Waals surface area contributed by atoms with Gasteiger partial charge in [-0.25, -0.2) is 0 Å². The Morgan fingerprint density at radius 2 is 1.30 bits per heavy atom. The first kappa shape index (κ1) is 41.8. The molecule has 53 heavy (non-hydrogen) atoms. The SMILES string of the molecule is C[C@@H]1CC[C@@H](/C(COCc2cccc(COC/C(=C(/O)C(F)(F)F)[C@@H]3CC[C@@H](C)[C@@H]4CC[C@H](C)OC[C@]34O)n2)=C(\O)C(F)(F)F)C2CO[C@@H](C)CC[C@H]21. The molecule has 8 nitrogen and oxygen atoms in total. The van der Waals surface area contributed by atoms with Crippen LogP contribution in [0.15, 0.2) is 40.9 Å². The predicted molar refractivity (Wildman–Crippen MR) is 183 cm³/mol. The number of aliphatic hydroxyl groups excluding tert-OH is 2. The van der Waals surface area contributed by atoms with Crippen LogP contribution in [-0.2, 0) is 32.2 Å². The first-order chi connectivity index (χ1) is 24.9. The zero-order valence-corrected chi connectivity index (χ0v) is 31.0. The molecular formula is C39H55F6NO7. The highest BCUT2D eigenvalue weighted by Gasteiger charge is 2.54. The van der Waals surface area contributed by atoms with Crippen LogP contribution in [0.25, 0.3) is 0 Å². The number of halogens is 6. The Balaban J connectivity index is 1.27. The number of alkyl halides is 6. The number of rotatable bonds is 10. The topological polar surface area (TPSA) is 111 Å². The Labute approximate surface area is 307 Å². The van der Waals surface area contributed by atoms with Crippen molar-refractivity contribution in [3.05, 3.63) is 52.3 Å². The molecule has 14 heteroatoms. The molecule has 3 heterocycles. The third-order valence-electron chi connectivity index (χ3n) is 12.4. The van der Waals surface area contributed by atoms with Crippen LogP contribution in [0.2, 0.25) is 0 Å². The molecule has 10 atom stereocenters. The lowest BCUT2D eigenvalue weighted by atomic mass is 9.61. The van der Waals surface area contributed by atoms with Crippen LogP contribution >= 0.6 is 0 Å². The highest BCUT2D eigenvalue weighted by Crippen LogP contribution is 2.51. The lowest BCUT2D eigenvalue weighted by Crippen LogP contribution is -2.55. The molecule has 2 aliphatic carbocycles. The smallest absolute Gasteiger partial charge is 0.448 e. The van der Waals surface area contributed by atoms with E-state index < -0.39 is 60.1 Å². The summed E-state index contributed by atoms with van der Waals surface area (Å²) in [7, 11) is 0. The minimum Gasteiger partial charge on any atom is -0.504 e. The van der Waals surface area contributed by atoms with Crippen molar-refractivity contribution in [1.29, 1.82) is 0 Å². The molecule has 0 amide bonds. The van der Waals surface area contributed by atoms with Gasteiger partial charge in [-0.1, -0.05) is 19.9 Å². The molecule has 0 radical (unpaired) electrons. The van der Waals surface area contributed by atoms with E-state index in [9.17, 15) is 41.7 Å². The van der Waals surface area contributed by atoms with E-state index in [2.05, 4.69) is 11.9 Å². The van der Waals surface area contributed by atoms with Crippen molar-refractivity contribution in [1.82, 2.24) is 4.98 Å². The van der Waals surface area contributed by atoms with Crippen LogP contribution in [0.5, 0.6) is 0 Å². The van der Waals surface area contributed by atoms with E-state index in [1.807, 2.05) is 20.8 Å². The van der Waals surface area contributed by atoms with Crippen LogP contribution < -0.4 is 0 Å². The van der Waals surface area contributed by atoms with E-state index in [1.165, 1.54) is 0 Å². The fourth-order valence-electron chi connectivity index (χ4n) is 9.44. The molecule has 4 fully saturated rings. The van der Waals surface area contributed by atoms with Gasteiger partial charge < -0.3 is 34.3 Å². The summed E-state index contributed by atoms with van der Waals surface area (Å²) in [6, 6.07) is 4.80. The van der Waals surface area contributed by atoms with Crippen LogP contribution in [0.1, 0.15) is 90.4 Å². The molecule has 1 unspecified atom stereocenters. The van der Waals surface area contributed by atoms with Crippen LogP contribution in [-0.4, -0.2) is 76.9 Å². The molecule has 4 aliphatic rings. The van der Waals surface area contributed by atoms with Gasteiger partial charge in [0.2, 0.25) is 0 Å². The van der Waals surface area contributed by atoms with Gasteiger partial charge in [-0.2, -0.15) is 26.3 Å². The van der Waals surface area contributed by atoms with Crippen molar-refractivity contribution in [3.8, 4) is 0 Å². The van der Waals surface area contributed by atoms with Crippen LogP contribution in [0.3, 0.4) is 0 Å². The highest BCUT2D eigenvalue weighted by molar-refractivity contribution is 5.23. The summed E-state index contributed by atoms with van der Waals surface area (Å²) < 4.78 is 107. The second kappa shape index (κ2) is 17.2. The Hall–Kier alpha value is -2.39. The molecule has 3 N–H and O–H groups in total. The van der Waals surface area contributed by atoms with E-state index in [0.717, 1.165) is 19.3 Å². The third-order valence-corrected chi connectivity index (χ3v) is 12.4. The highest BCUT2D eigenvalue weighted by atomic mass is 19.4. The van der Waals surface area contributed by atoms with E-state index in [-0.39, 0.29) is 67.7 Å². The van der Waals surface area contributed by atoms with E-state index in [4.69, 9.17) is 18.9 Å². The first-order valence-corrected chi connectivity index (χ1v) is 18.9. The minimum absolute atomic E-state index is 0.00312. The third kappa shape index (κ3) is 9.89. The van der Waals surface area contributed by atoms with Gasteiger partial charge >= 0.3 is 12.4 Å². The number of nitrogens with zero attached hydrogens (tertiary/aromatic N) is 1. The Kier molecular flexibility index (Phi) is 13.5. The minimum atomic E-state index is -5.06. The number of fused-ring (bicyclic) bond motifs is 2. The van der Waals surface area contributed by atoms with Gasteiger partial charge in [0.1, 0.15) is 0 Å². The molecule has 0 aromatic carbocycles. The zero-order chi connectivity index (χ0) is 38.7. The van der Waals surface area contributed by atoms with Gasteiger partial charge in [0, 0.05) is 17.1 Å².